The maximum absolute atomic E-state index is 12.4. The van der Waals surface area contributed by atoms with Crippen molar-refractivity contribution in [2.75, 3.05) is 6.54 Å². The van der Waals surface area contributed by atoms with E-state index in [9.17, 15) is 4.79 Å². The quantitative estimate of drug-likeness (QED) is 0.850. The van der Waals surface area contributed by atoms with Crippen LogP contribution in [0.5, 0.6) is 0 Å². The summed E-state index contributed by atoms with van der Waals surface area (Å²) in [7, 11) is 0. The van der Waals surface area contributed by atoms with Gasteiger partial charge in [-0.15, -0.1) is 5.10 Å². The molecule has 0 unspecified atom stereocenters. The molecule has 0 N–H and O–H groups in total. The van der Waals surface area contributed by atoms with Crippen LogP contribution in [0.15, 0.2) is 23.0 Å². The molecule has 1 amide bonds. The third-order valence-corrected chi connectivity index (χ3v) is 4.24. The molecule has 2 aromatic rings. The fraction of sp³-hybridized carbons (Fsp3) is 0.571. The minimum Gasteiger partial charge on any atom is -0.364 e. The predicted molar refractivity (Wildman–Crippen MR) is 72.6 cm³/mol. The first kappa shape index (κ1) is 12.6. The Morgan fingerprint density at radius 2 is 2.29 bits per heavy atom. The molecule has 0 radical (unpaired) electrons. The second-order valence-corrected chi connectivity index (χ2v) is 5.82. The lowest BCUT2D eigenvalue weighted by Gasteiger charge is -2.23. The number of hydrogen-bond donors (Lipinski definition) is 0. The molecule has 1 aliphatic carbocycles. The minimum absolute atomic E-state index is 0.0613. The van der Waals surface area contributed by atoms with E-state index in [1.165, 1.54) is 19.1 Å². The van der Waals surface area contributed by atoms with Crippen molar-refractivity contribution in [3.63, 3.8) is 0 Å². The first-order valence-corrected chi connectivity index (χ1v) is 7.42. The van der Waals surface area contributed by atoms with E-state index in [2.05, 4.69) is 15.5 Å². The Balaban J connectivity index is 1.46. The van der Waals surface area contributed by atoms with E-state index in [0.717, 1.165) is 25.1 Å². The summed E-state index contributed by atoms with van der Waals surface area (Å²) in [6.07, 6.45) is 7.89. The zero-order valence-corrected chi connectivity index (χ0v) is 11.7. The highest BCUT2D eigenvalue weighted by atomic mass is 16.5. The molecule has 1 aliphatic heterocycles. The number of amides is 1. The molecular formula is C14H17N5O2. The second kappa shape index (κ2) is 4.98. The van der Waals surface area contributed by atoms with Crippen LogP contribution >= 0.6 is 0 Å². The molecule has 0 spiro atoms. The Hall–Kier alpha value is -2.18. The summed E-state index contributed by atoms with van der Waals surface area (Å²) in [5.74, 6) is 0.545. The number of aromatic nitrogens is 4. The van der Waals surface area contributed by atoms with E-state index in [0.29, 0.717) is 18.2 Å². The number of nitrogens with zero attached hydrogens (tertiary/aromatic N) is 5. The monoisotopic (exact) mass is 287 g/mol. The van der Waals surface area contributed by atoms with Crippen LogP contribution < -0.4 is 0 Å². The van der Waals surface area contributed by atoms with E-state index in [1.807, 2.05) is 15.8 Å². The van der Waals surface area contributed by atoms with Gasteiger partial charge in [-0.1, -0.05) is 10.4 Å². The first-order valence-electron chi connectivity index (χ1n) is 7.42. The number of rotatable bonds is 4. The van der Waals surface area contributed by atoms with Gasteiger partial charge in [-0.3, -0.25) is 9.48 Å². The van der Waals surface area contributed by atoms with Gasteiger partial charge in [-0.2, -0.15) is 0 Å². The average Bonchev–Trinajstić information content (AvgIpc) is 2.96. The topological polar surface area (TPSA) is 77.0 Å². The maximum atomic E-state index is 12.4. The lowest BCUT2D eigenvalue weighted by molar-refractivity contribution is 0.0710. The first-order chi connectivity index (χ1) is 10.3. The van der Waals surface area contributed by atoms with Gasteiger partial charge in [0.1, 0.15) is 6.26 Å². The fourth-order valence-corrected chi connectivity index (χ4v) is 2.95. The van der Waals surface area contributed by atoms with E-state index >= 15 is 0 Å². The van der Waals surface area contributed by atoms with Gasteiger partial charge >= 0.3 is 0 Å². The number of hydrogen-bond acceptors (Lipinski definition) is 5. The van der Waals surface area contributed by atoms with Gasteiger partial charge in [-0.05, 0) is 25.7 Å². The summed E-state index contributed by atoms with van der Waals surface area (Å²) in [6, 6.07) is 1.77. The molecule has 2 fully saturated rings. The Labute approximate surface area is 121 Å². The van der Waals surface area contributed by atoms with E-state index in [4.69, 9.17) is 4.52 Å². The molecule has 1 atom stereocenters. The molecule has 0 aromatic carbocycles. The molecule has 0 bridgehead atoms. The number of carbonyl (C=O) groups is 1. The molecule has 1 saturated carbocycles. The summed E-state index contributed by atoms with van der Waals surface area (Å²) in [5, 5.41) is 12.2. The Morgan fingerprint density at radius 3 is 3.05 bits per heavy atom. The molecule has 110 valence electrons. The van der Waals surface area contributed by atoms with Crippen LogP contribution in [-0.4, -0.2) is 43.5 Å². The summed E-state index contributed by atoms with van der Waals surface area (Å²) >= 11 is 0. The van der Waals surface area contributed by atoms with Gasteiger partial charge in [0.25, 0.3) is 5.91 Å². The van der Waals surface area contributed by atoms with Crippen molar-refractivity contribution in [2.24, 2.45) is 0 Å². The minimum atomic E-state index is -0.0613. The Bertz CT molecular complexity index is 632. The molecule has 7 nitrogen and oxygen atoms in total. The van der Waals surface area contributed by atoms with Crippen molar-refractivity contribution in [1.82, 2.24) is 25.1 Å². The number of likely N-dealkylation sites (tertiary alicyclic amines) is 1. The van der Waals surface area contributed by atoms with Gasteiger partial charge in [0.2, 0.25) is 0 Å². The zero-order valence-electron chi connectivity index (χ0n) is 11.7. The van der Waals surface area contributed by atoms with E-state index < -0.39 is 0 Å². The van der Waals surface area contributed by atoms with Crippen LogP contribution in [0.1, 0.15) is 47.8 Å². The third-order valence-electron chi connectivity index (χ3n) is 4.24. The Morgan fingerprint density at radius 1 is 1.38 bits per heavy atom. The van der Waals surface area contributed by atoms with Crippen LogP contribution in [0.4, 0.5) is 0 Å². The maximum Gasteiger partial charge on any atom is 0.276 e. The third kappa shape index (κ3) is 2.43. The van der Waals surface area contributed by atoms with Crippen molar-refractivity contribution in [3.8, 4) is 0 Å². The van der Waals surface area contributed by atoms with Crippen LogP contribution in [0.3, 0.4) is 0 Å². The fourth-order valence-electron chi connectivity index (χ4n) is 2.95. The van der Waals surface area contributed by atoms with Crippen LogP contribution in [0.25, 0.3) is 0 Å². The molecule has 1 saturated heterocycles. The standard InChI is InChI=1S/C14H17N5O2/c20-14(12-5-7-21-16-12)19-6-1-2-11(19)8-18-9-13(15-17-18)10-3-4-10/h5,7,9-11H,1-4,6,8H2/t11-/m0/s1. The van der Waals surface area contributed by atoms with Crippen LogP contribution in [0, 0.1) is 0 Å². The highest BCUT2D eigenvalue weighted by molar-refractivity contribution is 5.92. The molecule has 3 heterocycles. The average molecular weight is 287 g/mol. The van der Waals surface area contributed by atoms with Crippen molar-refractivity contribution >= 4 is 5.91 Å². The molecule has 2 aliphatic rings. The molecule has 4 rings (SSSR count). The molecular weight excluding hydrogens is 270 g/mol. The van der Waals surface area contributed by atoms with Gasteiger partial charge < -0.3 is 9.42 Å². The largest absolute Gasteiger partial charge is 0.364 e. The van der Waals surface area contributed by atoms with Gasteiger partial charge in [0, 0.05) is 24.7 Å². The zero-order chi connectivity index (χ0) is 14.2. The summed E-state index contributed by atoms with van der Waals surface area (Å²) in [6.45, 7) is 1.46. The van der Waals surface area contributed by atoms with Crippen molar-refractivity contribution in [3.05, 3.63) is 29.9 Å². The SMILES string of the molecule is O=C(c1ccon1)N1CCC[C@H]1Cn1cc(C2CC2)nn1. The highest BCUT2D eigenvalue weighted by Gasteiger charge is 2.32. The lowest BCUT2D eigenvalue weighted by atomic mass is 10.2. The summed E-state index contributed by atoms with van der Waals surface area (Å²) < 4.78 is 6.63. The molecule has 2 aromatic heterocycles. The van der Waals surface area contributed by atoms with E-state index in [-0.39, 0.29) is 11.9 Å². The smallest absolute Gasteiger partial charge is 0.276 e. The van der Waals surface area contributed by atoms with Crippen molar-refractivity contribution in [2.45, 2.75) is 44.2 Å². The van der Waals surface area contributed by atoms with Gasteiger partial charge in [0.15, 0.2) is 5.69 Å². The van der Waals surface area contributed by atoms with E-state index in [1.54, 1.807) is 6.07 Å². The summed E-state index contributed by atoms with van der Waals surface area (Å²) in [5.41, 5.74) is 1.46. The molecule has 21 heavy (non-hydrogen) atoms. The van der Waals surface area contributed by atoms with Crippen molar-refractivity contribution < 1.29 is 9.32 Å². The normalized spacial score (nSPS) is 21.9. The van der Waals surface area contributed by atoms with Gasteiger partial charge in [-0.25, -0.2) is 0 Å². The summed E-state index contributed by atoms with van der Waals surface area (Å²) in [4.78, 5) is 14.3. The van der Waals surface area contributed by atoms with Crippen molar-refractivity contribution in [1.29, 1.82) is 0 Å². The van der Waals surface area contributed by atoms with Crippen LogP contribution in [0.2, 0.25) is 0 Å². The number of carbonyl (C=O) groups excluding carboxylic acids is 1. The van der Waals surface area contributed by atoms with Crippen LogP contribution in [-0.2, 0) is 6.54 Å². The lowest BCUT2D eigenvalue weighted by Crippen LogP contribution is -2.38. The predicted octanol–water partition coefficient (Wildman–Crippen LogP) is 1.45. The second-order valence-electron chi connectivity index (χ2n) is 5.82. The highest BCUT2D eigenvalue weighted by Crippen LogP contribution is 2.38. The Kier molecular flexibility index (Phi) is 2.98. The molecule has 7 heteroatoms. The van der Waals surface area contributed by atoms with Gasteiger partial charge in [0.05, 0.1) is 18.3 Å².